The first-order chi connectivity index (χ1) is 9.79. The lowest BCUT2D eigenvalue weighted by Crippen LogP contribution is -2.24. The van der Waals surface area contributed by atoms with Crippen molar-refractivity contribution in [2.75, 3.05) is 25.4 Å². The largest absolute Gasteiger partial charge is 0.491 e. The van der Waals surface area contributed by atoms with E-state index in [9.17, 15) is 0 Å². The van der Waals surface area contributed by atoms with E-state index in [-0.39, 0.29) is 0 Å². The van der Waals surface area contributed by atoms with Crippen molar-refractivity contribution in [3.05, 3.63) is 46.7 Å². The Morgan fingerprint density at radius 2 is 2.05 bits per heavy atom. The molecule has 0 fully saturated rings. The normalized spacial score (nSPS) is 10.9. The number of anilines is 1. The zero-order valence-corrected chi connectivity index (χ0v) is 12.7. The van der Waals surface area contributed by atoms with E-state index in [4.69, 9.17) is 10.5 Å². The minimum Gasteiger partial charge on any atom is -0.491 e. The molecule has 1 aromatic carbocycles. The van der Waals surface area contributed by atoms with E-state index >= 15 is 0 Å². The van der Waals surface area contributed by atoms with E-state index in [2.05, 4.69) is 29.3 Å². The van der Waals surface area contributed by atoms with Gasteiger partial charge in [-0.3, -0.25) is 4.90 Å². The Morgan fingerprint density at radius 1 is 1.20 bits per heavy atom. The summed E-state index contributed by atoms with van der Waals surface area (Å²) in [6.07, 6.45) is 1.01. The fraction of sp³-hybridized carbons (Fsp3) is 0.375. The number of benzene rings is 1. The summed E-state index contributed by atoms with van der Waals surface area (Å²) >= 11 is 1.82. The summed E-state index contributed by atoms with van der Waals surface area (Å²) in [5, 5.41) is 2.13. The summed E-state index contributed by atoms with van der Waals surface area (Å²) < 4.78 is 5.72. The number of thiophene rings is 1. The number of nitrogen functional groups attached to an aromatic ring is 1. The van der Waals surface area contributed by atoms with Crippen LogP contribution in [0.3, 0.4) is 0 Å². The minimum atomic E-state index is 0.704. The van der Waals surface area contributed by atoms with Gasteiger partial charge in [0.2, 0.25) is 0 Å². The summed E-state index contributed by atoms with van der Waals surface area (Å²) in [6, 6.07) is 11.9. The highest BCUT2D eigenvalue weighted by atomic mass is 32.1. The van der Waals surface area contributed by atoms with Crippen LogP contribution in [0.1, 0.15) is 18.2 Å². The van der Waals surface area contributed by atoms with Crippen LogP contribution in [0.5, 0.6) is 5.75 Å². The lowest BCUT2D eigenvalue weighted by Gasteiger charge is -2.19. The molecule has 3 nitrogen and oxygen atoms in total. The van der Waals surface area contributed by atoms with E-state index in [1.165, 1.54) is 4.88 Å². The minimum absolute atomic E-state index is 0.704. The van der Waals surface area contributed by atoms with Crippen LogP contribution >= 0.6 is 11.3 Å². The highest BCUT2D eigenvalue weighted by molar-refractivity contribution is 7.09. The molecule has 0 radical (unpaired) electrons. The molecule has 0 aliphatic rings. The van der Waals surface area contributed by atoms with Gasteiger partial charge >= 0.3 is 0 Å². The molecule has 0 amide bonds. The van der Waals surface area contributed by atoms with E-state index in [0.29, 0.717) is 12.3 Å². The summed E-state index contributed by atoms with van der Waals surface area (Å²) in [4.78, 5) is 3.85. The number of ether oxygens (including phenoxy) is 1. The van der Waals surface area contributed by atoms with Crippen molar-refractivity contribution in [2.24, 2.45) is 0 Å². The van der Waals surface area contributed by atoms with Gasteiger partial charge in [0.15, 0.2) is 0 Å². The first-order valence-electron chi connectivity index (χ1n) is 7.01. The average molecular weight is 290 g/mol. The molecule has 0 bridgehead atoms. The van der Waals surface area contributed by atoms with Gasteiger partial charge in [0.1, 0.15) is 5.75 Å². The zero-order chi connectivity index (χ0) is 14.2. The van der Waals surface area contributed by atoms with Crippen LogP contribution in [0.25, 0.3) is 0 Å². The van der Waals surface area contributed by atoms with Crippen LogP contribution in [-0.2, 0) is 6.54 Å². The van der Waals surface area contributed by atoms with E-state index in [0.717, 1.165) is 31.8 Å². The van der Waals surface area contributed by atoms with E-state index in [1.54, 1.807) is 0 Å². The van der Waals surface area contributed by atoms with Crippen LogP contribution in [-0.4, -0.2) is 24.6 Å². The van der Waals surface area contributed by atoms with Crippen molar-refractivity contribution < 1.29 is 4.74 Å². The molecule has 0 aliphatic heterocycles. The molecule has 1 heterocycles. The molecule has 0 aliphatic carbocycles. The predicted octanol–water partition coefficient (Wildman–Crippen LogP) is 3.62. The Labute approximate surface area is 125 Å². The van der Waals surface area contributed by atoms with Gasteiger partial charge in [0, 0.05) is 18.0 Å². The molecule has 2 N–H and O–H groups in total. The molecule has 0 saturated carbocycles. The molecular weight excluding hydrogens is 268 g/mol. The van der Waals surface area contributed by atoms with Gasteiger partial charge in [0.25, 0.3) is 0 Å². The Balaban J connectivity index is 1.70. The third-order valence-electron chi connectivity index (χ3n) is 3.20. The van der Waals surface area contributed by atoms with Crippen LogP contribution in [0.2, 0.25) is 0 Å². The van der Waals surface area contributed by atoms with E-state index in [1.807, 2.05) is 35.6 Å². The van der Waals surface area contributed by atoms with Gasteiger partial charge in [-0.15, -0.1) is 11.3 Å². The monoisotopic (exact) mass is 290 g/mol. The molecule has 2 aromatic rings. The molecule has 2 rings (SSSR count). The maximum Gasteiger partial charge on any atom is 0.142 e. The second-order valence-electron chi connectivity index (χ2n) is 4.69. The Morgan fingerprint density at radius 3 is 2.75 bits per heavy atom. The molecule has 0 atom stereocenters. The van der Waals surface area contributed by atoms with Crippen molar-refractivity contribution >= 4 is 17.0 Å². The fourth-order valence-corrected chi connectivity index (χ4v) is 2.80. The molecule has 4 heteroatoms. The van der Waals surface area contributed by atoms with Crippen LogP contribution in [0.4, 0.5) is 5.69 Å². The summed E-state index contributed by atoms with van der Waals surface area (Å²) in [5.41, 5.74) is 6.55. The van der Waals surface area contributed by atoms with Crippen molar-refractivity contribution in [2.45, 2.75) is 19.9 Å². The summed E-state index contributed by atoms with van der Waals surface area (Å²) in [7, 11) is 0. The molecular formula is C16H22N2OS. The second-order valence-corrected chi connectivity index (χ2v) is 5.72. The van der Waals surface area contributed by atoms with Crippen LogP contribution in [0.15, 0.2) is 41.8 Å². The number of nitrogens with zero attached hydrogens (tertiary/aromatic N) is 1. The number of hydrogen-bond acceptors (Lipinski definition) is 4. The van der Waals surface area contributed by atoms with E-state index < -0.39 is 0 Å². The summed E-state index contributed by atoms with van der Waals surface area (Å²) in [5.74, 6) is 0.786. The SMILES string of the molecule is CCN(CCCOc1ccccc1N)Cc1cccs1. The maximum absolute atomic E-state index is 5.85. The molecule has 20 heavy (non-hydrogen) atoms. The van der Waals surface area contributed by atoms with Crippen molar-refractivity contribution in [1.29, 1.82) is 0 Å². The number of nitrogens with two attached hydrogens (primary N) is 1. The molecule has 0 unspecified atom stereocenters. The third-order valence-corrected chi connectivity index (χ3v) is 4.06. The average Bonchev–Trinajstić information content (AvgIpc) is 2.97. The number of para-hydroxylation sites is 2. The number of rotatable bonds is 8. The quantitative estimate of drug-likeness (QED) is 0.596. The fourth-order valence-electron chi connectivity index (χ4n) is 2.05. The zero-order valence-electron chi connectivity index (χ0n) is 11.9. The van der Waals surface area contributed by atoms with Gasteiger partial charge < -0.3 is 10.5 Å². The van der Waals surface area contributed by atoms with Crippen LogP contribution < -0.4 is 10.5 Å². The topological polar surface area (TPSA) is 38.5 Å². The van der Waals surface area contributed by atoms with Gasteiger partial charge in [-0.2, -0.15) is 0 Å². The van der Waals surface area contributed by atoms with Gasteiger partial charge in [0.05, 0.1) is 12.3 Å². The van der Waals surface area contributed by atoms with Crippen molar-refractivity contribution in [3.8, 4) is 5.75 Å². The first-order valence-corrected chi connectivity index (χ1v) is 7.89. The molecule has 0 saturated heterocycles. The first kappa shape index (κ1) is 14.9. The maximum atomic E-state index is 5.85. The molecule has 1 aromatic heterocycles. The Kier molecular flexibility index (Phi) is 5.89. The molecule has 0 spiro atoms. The summed E-state index contributed by atoms with van der Waals surface area (Å²) in [6.45, 7) is 6.03. The highest BCUT2D eigenvalue weighted by Gasteiger charge is 2.05. The second kappa shape index (κ2) is 7.92. The lowest BCUT2D eigenvalue weighted by atomic mass is 10.3. The smallest absolute Gasteiger partial charge is 0.142 e. The van der Waals surface area contributed by atoms with Gasteiger partial charge in [-0.25, -0.2) is 0 Å². The standard InChI is InChI=1S/C16H22N2OS/c1-2-18(13-14-7-5-12-20-14)10-6-11-19-16-9-4-3-8-15(16)17/h3-5,7-9,12H,2,6,10-11,13,17H2,1H3. The predicted molar refractivity (Wildman–Crippen MR) is 86.2 cm³/mol. The number of hydrogen-bond donors (Lipinski definition) is 1. The van der Waals surface area contributed by atoms with Crippen LogP contribution in [0, 0.1) is 0 Å². The Bertz CT molecular complexity index is 499. The van der Waals surface area contributed by atoms with Gasteiger partial charge in [-0.05, 0) is 36.5 Å². The highest BCUT2D eigenvalue weighted by Crippen LogP contribution is 2.19. The van der Waals surface area contributed by atoms with Crippen molar-refractivity contribution in [3.63, 3.8) is 0 Å². The lowest BCUT2D eigenvalue weighted by molar-refractivity contribution is 0.238. The molecule has 108 valence electrons. The van der Waals surface area contributed by atoms with Gasteiger partial charge in [-0.1, -0.05) is 25.1 Å². The van der Waals surface area contributed by atoms with Crippen molar-refractivity contribution in [1.82, 2.24) is 4.90 Å². The Hall–Kier alpha value is -1.52. The third kappa shape index (κ3) is 4.54.